The Morgan fingerprint density at radius 2 is 2.00 bits per heavy atom. The summed E-state index contributed by atoms with van der Waals surface area (Å²) in [7, 11) is 2.23. The molecule has 1 aromatic carbocycles. The molecule has 0 aromatic heterocycles. The lowest BCUT2D eigenvalue weighted by Gasteiger charge is -2.32. The van der Waals surface area contributed by atoms with Crippen LogP contribution < -0.4 is 4.74 Å². The van der Waals surface area contributed by atoms with Crippen molar-refractivity contribution >= 4 is 0 Å². The number of aryl methyl sites for hydroxylation is 1. The predicted octanol–water partition coefficient (Wildman–Crippen LogP) is 3.25. The molecule has 0 spiro atoms. The molecule has 0 saturated carbocycles. The number of ether oxygens (including phenoxy) is 1. The smallest absolute Gasteiger partial charge is 0.119 e. The van der Waals surface area contributed by atoms with E-state index in [-0.39, 0.29) is 0 Å². The van der Waals surface area contributed by atoms with Crippen molar-refractivity contribution in [3.63, 3.8) is 0 Å². The van der Waals surface area contributed by atoms with E-state index in [1.54, 1.807) is 0 Å². The summed E-state index contributed by atoms with van der Waals surface area (Å²) in [6.07, 6.45) is 5.20. The molecule has 2 rings (SSSR count). The lowest BCUT2D eigenvalue weighted by atomic mass is 10.0. The lowest BCUT2D eigenvalue weighted by Crippen LogP contribution is -2.37. The van der Waals surface area contributed by atoms with Crippen molar-refractivity contribution < 1.29 is 4.74 Å². The van der Waals surface area contributed by atoms with E-state index in [0.29, 0.717) is 6.04 Å². The molecule has 0 N–H and O–H groups in total. The highest BCUT2D eigenvalue weighted by atomic mass is 16.5. The zero-order valence-corrected chi connectivity index (χ0v) is 11.0. The number of rotatable bonds is 4. The first-order valence-corrected chi connectivity index (χ1v) is 6.65. The van der Waals surface area contributed by atoms with Gasteiger partial charge in [0.1, 0.15) is 5.75 Å². The Bertz CT molecular complexity index is 333. The summed E-state index contributed by atoms with van der Waals surface area (Å²) in [5.74, 6) is 0.995. The maximum absolute atomic E-state index is 5.79. The number of hydrogen-bond acceptors (Lipinski definition) is 2. The first-order valence-electron chi connectivity index (χ1n) is 6.65. The predicted molar refractivity (Wildman–Crippen MR) is 71.6 cm³/mol. The van der Waals surface area contributed by atoms with Crippen LogP contribution in [-0.2, 0) is 0 Å². The Morgan fingerprint density at radius 3 is 2.71 bits per heavy atom. The molecule has 0 amide bonds. The maximum atomic E-state index is 5.79. The first kappa shape index (κ1) is 12.4. The van der Waals surface area contributed by atoms with Crippen LogP contribution >= 0.6 is 0 Å². The number of nitrogens with zero attached hydrogens (tertiary/aromatic N) is 1. The van der Waals surface area contributed by atoms with E-state index >= 15 is 0 Å². The monoisotopic (exact) mass is 233 g/mol. The largest absolute Gasteiger partial charge is 0.494 e. The fourth-order valence-corrected chi connectivity index (χ4v) is 2.46. The molecule has 94 valence electrons. The zero-order valence-electron chi connectivity index (χ0n) is 11.0. The van der Waals surface area contributed by atoms with E-state index in [2.05, 4.69) is 43.1 Å². The highest BCUT2D eigenvalue weighted by molar-refractivity contribution is 5.26. The van der Waals surface area contributed by atoms with Crippen LogP contribution in [0.1, 0.15) is 31.2 Å². The Balaban J connectivity index is 1.73. The molecule has 1 fully saturated rings. The Hall–Kier alpha value is -1.02. The highest BCUT2D eigenvalue weighted by Gasteiger charge is 2.18. The van der Waals surface area contributed by atoms with Gasteiger partial charge in [0.25, 0.3) is 0 Å². The molecule has 1 atom stereocenters. The van der Waals surface area contributed by atoms with Crippen LogP contribution in [0.25, 0.3) is 0 Å². The summed E-state index contributed by atoms with van der Waals surface area (Å²) in [5, 5.41) is 0. The molecule has 1 aliphatic rings. The molecular weight excluding hydrogens is 210 g/mol. The van der Waals surface area contributed by atoms with Crippen LogP contribution in [0.3, 0.4) is 0 Å². The Kier molecular flexibility index (Phi) is 4.43. The number of benzene rings is 1. The molecule has 2 heteroatoms. The molecular formula is C15H23NO. The van der Waals surface area contributed by atoms with E-state index in [9.17, 15) is 0 Å². The Morgan fingerprint density at radius 1 is 1.24 bits per heavy atom. The topological polar surface area (TPSA) is 12.5 Å². The summed E-state index contributed by atoms with van der Waals surface area (Å²) < 4.78 is 5.79. The van der Waals surface area contributed by atoms with Crippen molar-refractivity contribution in [1.29, 1.82) is 0 Å². The highest BCUT2D eigenvalue weighted by Crippen LogP contribution is 2.18. The van der Waals surface area contributed by atoms with Gasteiger partial charge in [0.05, 0.1) is 6.61 Å². The van der Waals surface area contributed by atoms with Gasteiger partial charge in [-0.1, -0.05) is 24.1 Å². The molecule has 1 aromatic rings. The van der Waals surface area contributed by atoms with Gasteiger partial charge in [-0.25, -0.2) is 0 Å². The number of likely N-dealkylation sites (tertiary alicyclic amines) is 1. The van der Waals surface area contributed by atoms with Crippen LogP contribution in [-0.4, -0.2) is 31.1 Å². The van der Waals surface area contributed by atoms with Crippen molar-refractivity contribution in [2.75, 3.05) is 20.2 Å². The van der Waals surface area contributed by atoms with Crippen LogP contribution in [0.15, 0.2) is 24.3 Å². The summed E-state index contributed by atoms with van der Waals surface area (Å²) in [6, 6.07) is 9.03. The number of hydrogen-bond donors (Lipinski definition) is 0. The van der Waals surface area contributed by atoms with E-state index in [4.69, 9.17) is 4.74 Å². The second-order valence-electron chi connectivity index (χ2n) is 5.08. The lowest BCUT2D eigenvalue weighted by molar-refractivity contribution is 0.153. The van der Waals surface area contributed by atoms with Gasteiger partial charge in [-0.05, 0) is 51.9 Å². The van der Waals surface area contributed by atoms with Gasteiger partial charge in [-0.3, -0.25) is 0 Å². The average Bonchev–Trinajstić information content (AvgIpc) is 2.34. The minimum Gasteiger partial charge on any atom is -0.494 e. The van der Waals surface area contributed by atoms with Gasteiger partial charge in [-0.15, -0.1) is 0 Å². The first-order chi connectivity index (χ1) is 8.25. The molecule has 1 heterocycles. The van der Waals surface area contributed by atoms with E-state index in [0.717, 1.165) is 18.8 Å². The van der Waals surface area contributed by atoms with Crippen molar-refractivity contribution in [2.24, 2.45) is 0 Å². The normalized spacial score (nSPS) is 21.4. The summed E-state index contributed by atoms with van der Waals surface area (Å²) in [4.78, 5) is 2.47. The van der Waals surface area contributed by atoms with Crippen LogP contribution in [0.5, 0.6) is 5.75 Å². The molecule has 0 aliphatic carbocycles. The summed E-state index contributed by atoms with van der Waals surface area (Å²) in [6.45, 7) is 4.17. The van der Waals surface area contributed by atoms with E-state index < -0.39 is 0 Å². The number of piperidine rings is 1. The van der Waals surface area contributed by atoms with Gasteiger partial charge >= 0.3 is 0 Å². The van der Waals surface area contributed by atoms with Gasteiger partial charge in [0, 0.05) is 6.04 Å². The molecule has 17 heavy (non-hydrogen) atoms. The summed E-state index contributed by atoms with van der Waals surface area (Å²) >= 11 is 0. The van der Waals surface area contributed by atoms with Gasteiger partial charge in [0.2, 0.25) is 0 Å². The third-order valence-corrected chi connectivity index (χ3v) is 3.66. The second-order valence-corrected chi connectivity index (χ2v) is 5.08. The van der Waals surface area contributed by atoms with E-state index in [1.165, 1.54) is 31.4 Å². The molecule has 2 nitrogen and oxygen atoms in total. The minimum absolute atomic E-state index is 0.717. The zero-order chi connectivity index (χ0) is 12.1. The standard InChI is InChI=1S/C15H23NO/c1-13-6-8-15(9-7-13)17-12-10-14-5-3-4-11-16(14)2/h6-9,14H,3-5,10-12H2,1-2H3. The fourth-order valence-electron chi connectivity index (χ4n) is 2.46. The van der Waals surface area contributed by atoms with Crippen molar-refractivity contribution in [1.82, 2.24) is 4.90 Å². The van der Waals surface area contributed by atoms with Crippen molar-refractivity contribution in [3.05, 3.63) is 29.8 Å². The van der Waals surface area contributed by atoms with E-state index in [1.807, 2.05) is 0 Å². The van der Waals surface area contributed by atoms with Crippen LogP contribution in [0.4, 0.5) is 0 Å². The average molecular weight is 233 g/mol. The molecule has 1 aliphatic heterocycles. The third kappa shape index (κ3) is 3.74. The molecule has 1 unspecified atom stereocenters. The van der Waals surface area contributed by atoms with Crippen molar-refractivity contribution in [2.45, 2.75) is 38.6 Å². The van der Waals surface area contributed by atoms with Gasteiger partial charge in [0.15, 0.2) is 0 Å². The third-order valence-electron chi connectivity index (χ3n) is 3.66. The van der Waals surface area contributed by atoms with Crippen LogP contribution in [0.2, 0.25) is 0 Å². The fraction of sp³-hybridized carbons (Fsp3) is 0.600. The van der Waals surface area contributed by atoms with Crippen molar-refractivity contribution in [3.8, 4) is 5.75 Å². The molecule has 1 saturated heterocycles. The molecule has 0 bridgehead atoms. The summed E-state index contributed by atoms with van der Waals surface area (Å²) in [5.41, 5.74) is 1.28. The maximum Gasteiger partial charge on any atom is 0.119 e. The quantitative estimate of drug-likeness (QED) is 0.791. The van der Waals surface area contributed by atoms with Gasteiger partial charge < -0.3 is 9.64 Å². The minimum atomic E-state index is 0.717. The Labute approximate surface area is 105 Å². The van der Waals surface area contributed by atoms with Gasteiger partial charge in [-0.2, -0.15) is 0 Å². The molecule has 0 radical (unpaired) electrons. The second kappa shape index (κ2) is 6.06. The van der Waals surface area contributed by atoms with Crippen LogP contribution in [0, 0.1) is 6.92 Å². The SMILES string of the molecule is Cc1ccc(OCCC2CCCCN2C)cc1.